The maximum Gasteiger partial charge on any atom is 0.154 e. The zero-order valence-electron chi connectivity index (χ0n) is 12.7. The average Bonchev–Trinajstić information content (AvgIpc) is 2.90. The van der Waals surface area contributed by atoms with E-state index in [1.54, 1.807) is 0 Å². The van der Waals surface area contributed by atoms with Gasteiger partial charge in [0, 0.05) is 11.4 Å². The Labute approximate surface area is 120 Å². The van der Waals surface area contributed by atoms with Gasteiger partial charge in [0.2, 0.25) is 0 Å². The van der Waals surface area contributed by atoms with E-state index in [2.05, 4.69) is 38.9 Å². The average molecular weight is 273 g/mol. The summed E-state index contributed by atoms with van der Waals surface area (Å²) in [7, 11) is 0. The Hall–Kier alpha value is -1.68. The van der Waals surface area contributed by atoms with Gasteiger partial charge in [-0.3, -0.25) is 0 Å². The third-order valence-electron chi connectivity index (χ3n) is 3.44. The molecular formula is C16H23N3O. The highest BCUT2D eigenvalue weighted by Gasteiger charge is 2.12. The van der Waals surface area contributed by atoms with Crippen LogP contribution in [0.5, 0.6) is 0 Å². The Morgan fingerprint density at radius 1 is 1.15 bits per heavy atom. The second kappa shape index (κ2) is 6.18. The molecule has 0 saturated carbocycles. The number of aliphatic hydroxyl groups is 1. The van der Waals surface area contributed by atoms with E-state index in [-0.39, 0.29) is 6.61 Å². The van der Waals surface area contributed by atoms with Gasteiger partial charge in [0.1, 0.15) is 0 Å². The van der Waals surface area contributed by atoms with Gasteiger partial charge < -0.3 is 5.11 Å². The van der Waals surface area contributed by atoms with Crippen molar-refractivity contribution in [3.05, 3.63) is 40.8 Å². The fraction of sp³-hybridized carbons (Fsp3) is 0.500. The van der Waals surface area contributed by atoms with E-state index in [1.807, 2.05) is 16.8 Å². The number of nitrogens with zero attached hydrogens (tertiary/aromatic N) is 3. The Bertz CT molecular complexity index is 587. The van der Waals surface area contributed by atoms with Crippen LogP contribution in [0, 0.1) is 0 Å². The van der Waals surface area contributed by atoms with E-state index in [0.717, 1.165) is 41.3 Å². The molecule has 0 spiro atoms. The number of aliphatic hydroxyl groups excluding tert-OH is 1. The Morgan fingerprint density at radius 3 is 2.45 bits per heavy atom. The fourth-order valence-corrected chi connectivity index (χ4v) is 2.19. The summed E-state index contributed by atoms with van der Waals surface area (Å²) in [6.45, 7) is 8.46. The van der Waals surface area contributed by atoms with Crippen molar-refractivity contribution in [3.8, 4) is 5.82 Å². The second-order valence-corrected chi connectivity index (χ2v) is 5.32. The minimum atomic E-state index is 0.0264. The van der Waals surface area contributed by atoms with Gasteiger partial charge in [-0.15, -0.1) is 0 Å². The molecule has 0 aliphatic carbocycles. The molecule has 0 unspecified atom stereocenters. The van der Waals surface area contributed by atoms with Gasteiger partial charge in [-0.2, -0.15) is 5.10 Å². The van der Waals surface area contributed by atoms with Crippen LogP contribution < -0.4 is 0 Å². The summed E-state index contributed by atoms with van der Waals surface area (Å²) in [4.78, 5) is 4.70. The zero-order chi connectivity index (χ0) is 14.7. The molecule has 4 heteroatoms. The zero-order valence-corrected chi connectivity index (χ0v) is 12.7. The maximum atomic E-state index is 9.44. The van der Waals surface area contributed by atoms with Crippen molar-refractivity contribution >= 4 is 0 Å². The van der Waals surface area contributed by atoms with Crippen LogP contribution in [-0.2, 0) is 19.4 Å². The third kappa shape index (κ3) is 2.90. The summed E-state index contributed by atoms with van der Waals surface area (Å²) in [6, 6.07) is 6.00. The van der Waals surface area contributed by atoms with Crippen molar-refractivity contribution in [2.45, 2.75) is 53.1 Å². The van der Waals surface area contributed by atoms with Crippen LogP contribution in [0.1, 0.15) is 56.3 Å². The van der Waals surface area contributed by atoms with Crippen LogP contribution in [0.25, 0.3) is 5.82 Å². The molecule has 20 heavy (non-hydrogen) atoms. The lowest BCUT2D eigenvalue weighted by atomic mass is 10.1. The summed E-state index contributed by atoms with van der Waals surface area (Å²) in [6.07, 6.45) is 1.83. The van der Waals surface area contributed by atoms with E-state index < -0.39 is 0 Å². The first kappa shape index (κ1) is 14.7. The Morgan fingerprint density at radius 2 is 1.90 bits per heavy atom. The minimum Gasteiger partial charge on any atom is -0.392 e. The van der Waals surface area contributed by atoms with E-state index in [4.69, 9.17) is 4.98 Å². The molecule has 0 amide bonds. The van der Waals surface area contributed by atoms with Crippen LogP contribution in [0.4, 0.5) is 0 Å². The van der Waals surface area contributed by atoms with Crippen molar-refractivity contribution in [2.24, 2.45) is 0 Å². The van der Waals surface area contributed by atoms with Gasteiger partial charge in [-0.25, -0.2) is 9.67 Å². The Kier molecular flexibility index (Phi) is 4.55. The van der Waals surface area contributed by atoms with Crippen molar-refractivity contribution in [2.75, 3.05) is 0 Å². The minimum absolute atomic E-state index is 0.0264. The first-order valence-corrected chi connectivity index (χ1v) is 7.28. The number of hydrogen-bond acceptors (Lipinski definition) is 3. The van der Waals surface area contributed by atoms with E-state index in [0.29, 0.717) is 5.92 Å². The number of rotatable bonds is 5. The van der Waals surface area contributed by atoms with E-state index in [9.17, 15) is 5.11 Å². The molecule has 0 radical (unpaired) electrons. The van der Waals surface area contributed by atoms with Crippen molar-refractivity contribution in [1.29, 1.82) is 0 Å². The number of hydrogen-bond donors (Lipinski definition) is 1. The van der Waals surface area contributed by atoms with Gasteiger partial charge in [-0.1, -0.05) is 27.7 Å². The lowest BCUT2D eigenvalue weighted by Gasteiger charge is -2.11. The van der Waals surface area contributed by atoms with Crippen molar-refractivity contribution < 1.29 is 5.11 Å². The van der Waals surface area contributed by atoms with Gasteiger partial charge in [0.15, 0.2) is 5.82 Å². The van der Waals surface area contributed by atoms with E-state index >= 15 is 0 Å². The third-order valence-corrected chi connectivity index (χ3v) is 3.44. The lowest BCUT2D eigenvalue weighted by Crippen LogP contribution is -2.08. The molecule has 0 atom stereocenters. The quantitative estimate of drug-likeness (QED) is 0.911. The van der Waals surface area contributed by atoms with Crippen molar-refractivity contribution in [3.63, 3.8) is 0 Å². The van der Waals surface area contributed by atoms with Crippen LogP contribution in [0.3, 0.4) is 0 Å². The van der Waals surface area contributed by atoms with Gasteiger partial charge in [-0.05, 0) is 42.5 Å². The highest BCUT2D eigenvalue weighted by Crippen LogP contribution is 2.19. The number of aromatic nitrogens is 3. The van der Waals surface area contributed by atoms with Gasteiger partial charge in [0.05, 0.1) is 12.3 Å². The first-order valence-electron chi connectivity index (χ1n) is 7.28. The maximum absolute atomic E-state index is 9.44. The molecule has 4 nitrogen and oxygen atoms in total. The molecule has 0 aromatic carbocycles. The topological polar surface area (TPSA) is 50.9 Å². The SMILES string of the molecule is CCc1cc(CC)n(-c2cc(CO)cc(C(C)C)n2)n1. The Balaban J connectivity index is 2.56. The molecule has 0 aliphatic heterocycles. The normalized spacial score (nSPS) is 11.3. The second-order valence-electron chi connectivity index (χ2n) is 5.32. The molecule has 0 bridgehead atoms. The first-order chi connectivity index (χ1) is 9.58. The lowest BCUT2D eigenvalue weighted by molar-refractivity contribution is 0.281. The van der Waals surface area contributed by atoms with Crippen LogP contribution in [0.2, 0.25) is 0 Å². The van der Waals surface area contributed by atoms with Gasteiger partial charge in [0.25, 0.3) is 0 Å². The molecule has 2 aromatic rings. The molecule has 0 saturated heterocycles. The number of aryl methyl sites for hydroxylation is 2. The summed E-state index contributed by atoms with van der Waals surface area (Å²) in [5, 5.41) is 14.1. The standard InChI is InChI=1S/C16H23N3O/c1-5-13-9-14(6-2)19(18-13)16-8-12(10-20)7-15(17-16)11(3)4/h7-9,11,20H,5-6,10H2,1-4H3. The molecular weight excluding hydrogens is 250 g/mol. The molecule has 0 fully saturated rings. The van der Waals surface area contributed by atoms with Crippen LogP contribution in [-0.4, -0.2) is 19.9 Å². The smallest absolute Gasteiger partial charge is 0.154 e. The molecule has 0 aliphatic rings. The summed E-state index contributed by atoms with van der Waals surface area (Å²) in [5.41, 5.74) is 4.10. The fourth-order valence-electron chi connectivity index (χ4n) is 2.19. The largest absolute Gasteiger partial charge is 0.392 e. The monoisotopic (exact) mass is 273 g/mol. The molecule has 108 valence electrons. The van der Waals surface area contributed by atoms with Gasteiger partial charge >= 0.3 is 0 Å². The van der Waals surface area contributed by atoms with E-state index in [1.165, 1.54) is 0 Å². The van der Waals surface area contributed by atoms with Crippen LogP contribution >= 0.6 is 0 Å². The van der Waals surface area contributed by atoms with Crippen LogP contribution in [0.15, 0.2) is 18.2 Å². The molecule has 2 heterocycles. The molecule has 1 N–H and O–H groups in total. The predicted octanol–water partition coefficient (Wildman–Crippen LogP) is 3.01. The highest BCUT2D eigenvalue weighted by atomic mass is 16.3. The summed E-state index contributed by atoms with van der Waals surface area (Å²) < 4.78 is 1.91. The molecule has 2 rings (SSSR count). The number of pyridine rings is 1. The predicted molar refractivity (Wildman–Crippen MR) is 80.1 cm³/mol. The molecule has 2 aromatic heterocycles. The highest BCUT2D eigenvalue weighted by molar-refractivity contribution is 5.33. The summed E-state index contributed by atoms with van der Waals surface area (Å²) in [5.74, 6) is 1.13. The summed E-state index contributed by atoms with van der Waals surface area (Å²) >= 11 is 0. The van der Waals surface area contributed by atoms with Crippen molar-refractivity contribution in [1.82, 2.24) is 14.8 Å².